The molecular formula is C17H24ClN5O. The van der Waals surface area contributed by atoms with Crippen LogP contribution in [0, 0.1) is 5.92 Å². The zero-order chi connectivity index (χ0) is 15.9. The lowest BCUT2D eigenvalue weighted by atomic mass is 9.77. The average Bonchev–Trinajstić information content (AvgIpc) is 3.04. The van der Waals surface area contributed by atoms with Crippen LogP contribution in [-0.2, 0) is 5.54 Å². The minimum Gasteiger partial charge on any atom is -0.357 e. The van der Waals surface area contributed by atoms with Gasteiger partial charge in [-0.05, 0) is 50.2 Å². The predicted octanol–water partition coefficient (Wildman–Crippen LogP) is 3.13. The molecule has 3 heterocycles. The van der Waals surface area contributed by atoms with Gasteiger partial charge in [0.1, 0.15) is 5.82 Å². The van der Waals surface area contributed by atoms with Crippen molar-refractivity contribution in [1.29, 1.82) is 0 Å². The third-order valence-electron chi connectivity index (χ3n) is 5.22. The summed E-state index contributed by atoms with van der Waals surface area (Å²) in [5.41, 5.74) is 6.70. The number of piperidine rings is 1. The number of aromatic nitrogens is 3. The summed E-state index contributed by atoms with van der Waals surface area (Å²) in [4.78, 5) is 11.4. The summed E-state index contributed by atoms with van der Waals surface area (Å²) in [6, 6.07) is 4.04. The minimum atomic E-state index is -0.389. The number of halogens is 1. The maximum Gasteiger partial charge on any atom is 0.259 e. The standard InChI is InChI=1S/C17H23N5O.ClH/c1-12-5-9-22(10-6-12)14-4-3-13(11-19-14)15-20-16(21-23-15)17(18)7-2-8-17;/h3-4,11-12H,2,5-10,18H2,1H3;1H. The van der Waals surface area contributed by atoms with Gasteiger partial charge in [0.15, 0.2) is 5.82 Å². The first kappa shape index (κ1) is 17.2. The van der Waals surface area contributed by atoms with Crippen molar-refractivity contribution in [3.05, 3.63) is 24.2 Å². The number of pyridine rings is 1. The van der Waals surface area contributed by atoms with Crippen molar-refractivity contribution in [3.63, 3.8) is 0 Å². The number of hydrogen-bond acceptors (Lipinski definition) is 6. The van der Waals surface area contributed by atoms with Gasteiger partial charge in [-0.3, -0.25) is 0 Å². The van der Waals surface area contributed by atoms with E-state index in [1.165, 1.54) is 12.8 Å². The molecule has 0 bridgehead atoms. The van der Waals surface area contributed by atoms with E-state index >= 15 is 0 Å². The number of hydrogen-bond donors (Lipinski definition) is 1. The highest BCUT2D eigenvalue weighted by molar-refractivity contribution is 5.85. The Kier molecular flexibility index (Phi) is 4.78. The number of rotatable bonds is 3. The molecule has 1 saturated heterocycles. The molecule has 0 radical (unpaired) electrons. The van der Waals surface area contributed by atoms with Crippen LogP contribution in [0.25, 0.3) is 11.5 Å². The largest absolute Gasteiger partial charge is 0.357 e. The molecule has 2 N–H and O–H groups in total. The lowest BCUT2D eigenvalue weighted by Crippen LogP contribution is -2.44. The summed E-state index contributed by atoms with van der Waals surface area (Å²) in [7, 11) is 0. The van der Waals surface area contributed by atoms with E-state index in [-0.39, 0.29) is 17.9 Å². The molecule has 4 rings (SSSR count). The van der Waals surface area contributed by atoms with Gasteiger partial charge in [-0.25, -0.2) is 4.98 Å². The summed E-state index contributed by atoms with van der Waals surface area (Å²) in [5.74, 6) is 2.96. The van der Waals surface area contributed by atoms with Crippen molar-refractivity contribution in [2.75, 3.05) is 18.0 Å². The number of anilines is 1. The zero-order valence-electron chi connectivity index (χ0n) is 13.9. The Bertz CT molecular complexity index is 675. The van der Waals surface area contributed by atoms with E-state index in [2.05, 4.69) is 26.9 Å². The highest BCUT2D eigenvalue weighted by Crippen LogP contribution is 2.37. The second-order valence-electron chi connectivity index (χ2n) is 7.01. The van der Waals surface area contributed by atoms with Crippen molar-refractivity contribution in [2.45, 2.75) is 44.6 Å². The molecular weight excluding hydrogens is 326 g/mol. The van der Waals surface area contributed by atoms with Gasteiger partial charge in [0.25, 0.3) is 5.89 Å². The molecule has 0 unspecified atom stereocenters. The SMILES string of the molecule is CC1CCN(c2ccc(-c3nc(C4(N)CCC4)no3)cn2)CC1.Cl. The molecule has 0 spiro atoms. The Labute approximate surface area is 148 Å². The Morgan fingerprint density at radius 2 is 2.00 bits per heavy atom. The molecule has 2 aliphatic rings. The van der Waals surface area contributed by atoms with Crippen molar-refractivity contribution >= 4 is 18.2 Å². The van der Waals surface area contributed by atoms with Gasteiger partial charge in [0.05, 0.1) is 11.1 Å². The van der Waals surface area contributed by atoms with Crippen molar-refractivity contribution in [2.24, 2.45) is 11.7 Å². The summed E-state index contributed by atoms with van der Waals surface area (Å²) >= 11 is 0. The van der Waals surface area contributed by atoms with Gasteiger partial charge in [-0.2, -0.15) is 4.98 Å². The Balaban J connectivity index is 0.00000169. The van der Waals surface area contributed by atoms with E-state index in [9.17, 15) is 0 Å². The van der Waals surface area contributed by atoms with E-state index in [0.717, 1.165) is 49.7 Å². The fourth-order valence-electron chi connectivity index (χ4n) is 3.26. The van der Waals surface area contributed by atoms with Crippen molar-refractivity contribution in [1.82, 2.24) is 15.1 Å². The zero-order valence-corrected chi connectivity index (χ0v) is 14.8. The maximum atomic E-state index is 6.24. The van der Waals surface area contributed by atoms with Crippen LogP contribution in [0.15, 0.2) is 22.9 Å². The van der Waals surface area contributed by atoms with Crippen molar-refractivity contribution < 1.29 is 4.52 Å². The lowest BCUT2D eigenvalue weighted by molar-refractivity contribution is 0.229. The second kappa shape index (κ2) is 6.69. The summed E-state index contributed by atoms with van der Waals surface area (Å²) in [6.07, 6.45) is 7.26. The average molecular weight is 350 g/mol. The molecule has 1 saturated carbocycles. The molecule has 2 aromatic heterocycles. The minimum absolute atomic E-state index is 0. The third kappa shape index (κ3) is 3.13. The quantitative estimate of drug-likeness (QED) is 0.916. The predicted molar refractivity (Wildman–Crippen MR) is 95.1 cm³/mol. The van der Waals surface area contributed by atoms with Gasteiger partial charge in [-0.15, -0.1) is 12.4 Å². The summed E-state index contributed by atoms with van der Waals surface area (Å²) < 4.78 is 5.38. The first-order valence-corrected chi connectivity index (χ1v) is 8.48. The van der Waals surface area contributed by atoms with Crippen LogP contribution in [0.1, 0.15) is 44.9 Å². The maximum absolute atomic E-state index is 6.24. The number of nitrogens with zero attached hydrogens (tertiary/aromatic N) is 4. The Morgan fingerprint density at radius 3 is 2.58 bits per heavy atom. The van der Waals surface area contributed by atoms with E-state index in [1.54, 1.807) is 0 Å². The molecule has 2 aromatic rings. The Morgan fingerprint density at radius 1 is 1.25 bits per heavy atom. The number of nitrogens with two attached hydrogens (primary N) is 1. The van der Waals surface area contributed by atoms with E-state index in [1.807, 2.05) is 18.3 Å². The molecule has 130 valence electrons. The molecule has 0 atom stereocenters. The van der Waals surface area contributed by atoms with Crippen LogP contribution in [0.5, 0.6) is 0 Å². The van der Waals surface area contributed by atoms with Gasteiger partial charge in [-0.1, -0.05) is 12.1 Å². The third-order valence-corrected chi connectivity index (χ3v) is 5.22. The first-order valence-electron chi connectivity index (χ1n) is 8.48. The van der Waals surface area contributed by atoms with Gasteiger partial charge in [0, 0.05) is 19.3 Å². The van der Waals surface area contributed by atoms with Crippen LogP contribution >= 0.6 is 12.4 Å². The normalized spacial score (nSPS) is 20.3. The van der Waals surface area contributed by atoms with Gasteiger partial charge in [0.2, 0.25) is 0 Å². The van der Waals surface area contributed by atoms with Gasteiger partial charge < -0.3 is 15.2 Å². The summed E-state index contributed by atoms with van der Waals surface area (Å²) in [5, 5.41) is 4.06. The highest BCUT2D eigenvalue weighted by Gasteiger charge is 2.39. The smallest absolute Gasteiger partial charge is 0.259 e. The van der Waals surface area contributed by atoms with Crippen LogP contribution in [0.4, 0.5) is 5.82 Å². The molecule has 1 aliphatic carbocycles. The van der Waals surface area contributed by atoms with E-state index in [4.69, 9.17) is 10.3 Å². The second-order valence-corrected chi connectivity index (χ2v) is 7.01. The molecule has 0 amide bonds. The Hall–Kier alpha value is -1.66. The lowest BCUT2D eigenvalue weighted by Gasteiger charge is -2.34. The summed E-state index contributed by atoms with van der Waals surface area (Å²) in [6.45, 7) is 4.47. The molecule has 7 heteroatoms. The van der Waals surface area contributed by atoms with Crippen molar-refractivity contribution in [3.8, 4) is 11.5 Å². The topological polar surface area (TPSA) is 81.1 Å². The molecule has 2 fully saturated rings. The fourth-order valence-corrected chi connectivity index (χ4v) is 3.26. The molecule has 1 aliphatic heterocycles. The van der Waals surface area contributed by atoms with E-state index in [0.29, 0.717) is 11.7 Å². The van der Waals surface area contributed by atoms with Gasteiger partial charge >= 0.3 is 0 Å². The van der Waals surface area contributed by atoms with Crippen LogP contribution in [-0.4, -0.2) is 28.2 Å². The van der Waals surface area contributed by atoms with Crippen LogP contribution in [0.3, 0.4) is 0 Å². The molecule has 24 heavy (non-hydrogen) atoms. The first-order chi connectivity index (χ1) is 11.1. The van der Waals surface area contributed by atoms with Crippen LogP contribution < -0.4 is 10.6 Å². The fraction of sp³-hybridized carbons (Fsp3) is 0.588. The van der Waals surface area contributed by atoms with E-state index < -0.39 is 0 Å². The van der Waals surface area contributed by atoms with Crippen LogP contribution in [0.2, 0.25) is 0 Å². The highest BCUT2D eigenvalue weighted by atomic mass is 35.5. The monoisotopic (exact) mass is 349 g/mol. The molecule has 0 aromatic carbocycles. The molecule has 6 nitrogen and oxygen atoms in total.